The molecule has 0 spiro atoms. The van der Waals surface area contributed by atoms with Gasteiger partial charge in [0.05, 0.1) is 0 Å². The molecule has 3 nitrogen and oxygen atoms in total. The van der Waals surface area contributed by atoms with E-state index in [2.05, 4.69) is 28.4 Å². The molecule has 1 aliphatic carbocycles. The molecule has 2 aromatic heterocycles. The van der Waals surface area contributed by atoms with Gasteiger partial charge in [0.1, 0.15) is 5.82 Å². The van der Waals surface area contributed by atoms with E-state index in [1.54, 1.807) is 11.8 Å². The summed E-state index contributed by atoms with van der Waals surface area (Å²) in [7, 11) is 0. The molecule has 2 heterocycles. The van der Waals surface area contributed by atoms with Gasteiger partial charge in [-0.3, -0.25) is 4.98 Å². The van der Waals surface area contributed by atoms with Crippen molar-refractivity contribution < 1.29 is 0 Å². The smallest absolute Gasteiger partial charge is 0.128 e. The average molecular weight is 410 g/mol. The lowest BCUT2D eigenvalue weighted by Gasteiger charge is -2.11. The van der Waals surface area contributed by atoms with Crippen LogP contribution in [0.15, 0.2) is 59.9 Å². The van der Waals surface area contributed by atoms with E-state index in [1.165, 1.54) is 25.0 Å². The lowest BCUT2D eigenvalue weighted by Crippen LogP contribution is -2.06. The second-order valence-corrected chi connectivity index (χ2v) is 8.80. The standard InChI is InChI=1S/C23H24ClN3S/c1-28-20-14-26-23(27-15-20)12-17-7-6-16(10-17)11-19-9-8-18(13-25-19)21-4-2-3-5-22(21)24/h2-5,8-9,13-17H,6-7,10-12H2,1H3/t16-,17-/m0/s1. The van der Waals surface area contributed by atoms with E-state index in [1.807, 2.05) is 42.9 Å². The number of benzene rings is 1. The van der Waals surface area contributed by atoms with Crippen LogP contribution in [0, 0.1) is 11.8 Å². The molecule has 1 aromatic carbocycles. The molecule has 0 bridgehead atoms. The molecule has 1 saturated carbocycles. The molecular formula is C23H24ClN3S. The molecule has 1 fully saturated rings. The number of nitrogens with zero attached hydrogens (tertiary/aromatic N) is 3. The van der Waals surface area contributed by atoms with Crippen LogP contribution in [-0.2, 0) is 12.8 Å². The maximum absolute atomic E-state index is 6.30. The van der Waals surface area contributed by atoms with Gasteiger partial charge in [-0.25, -0.2) is 9.97 Å². The Morgan fingerprint density at radius 2 is 1.68 bits per heavy atom. The highest BCUT2D eigenvalue weighted by Gasteiger charge is 2.26. The molecule has 5 heteroatoms. The van der Waals surface area contributed by atoms with E-state index >= 15 is 0 Å². The Hall–Kier alpha value is -1.91. The minimum absolute atomic E-state index is 0.688. The predicted molar refractivity (Wildman–Crippen MR) is 117 cm³/mol. The number of hydrogen-bond donors (Lipinski definition) is 0. The fourth-order valence-electron chi connectivity index (χ4n) is 4.06. The summed E-state index contributed by atoms with van der Waals surface area (Å²) in [5, 5.41) is 0.767. The number of rotatable bonds is 6. The minimum Gasteiger partial charge on any atom is -0.261 e. The van der Waals surface area contributed by atoms with Gasteiger partial charge >= 0.3 is 0 Å². The molecule has 0 amide bonds. The summed E-state index contributed by atoms with van der Waals surface area (Å²) in [5.41, 5.74) is 3.28. The van der Waals surface area contributed by atoms with Crippen molar-refractivity contribution in [3.8, 4) is 11.1 Å². The second kappa shape index (κ2) is 9.06. The average Bonchev–Trinajstić information content (AvgIpc) is 3.16. The molecular weight excluding hydrogens is 386 g/mol. The quantitative estimate of drug-likeness (QED) is 0.460. The SMILES string of the molecule is CSc1cnc(C[C@H]2CC[C@H](Cc3ccc(-c4ccccc4Cl)cn3)C2)nc1. The number of pyridine rings is 1. The first-order valence-electron chi connectivity index (χ1n) is 9.76. The monoisotopic (exact) mass is 409 g/mol. The zero-order chi connectivity index (χ0) is 19.3. The summed E-state index contributed by atoms with van der Waals surface area (Å²) in [4.78, 5) is 14.9. The topological polar surface area (TPSA) is 38.7 Å². The van der Waals surface area contributed by atoms with Crippen LogP contribution in [-0.4, -0.2) is 21.2 Å². The Morgan fingerprint density at radius 3 is 2.36 bits per heavy atom. The van der Waals surface area contributed by atoms with E-state index in [4.69, 9.17) is 16.6 Å². The van der Waals surface area contributed by atoms with E-state index in [0.29, 0.717) is 11.8 Å². The van der Waals surface area contributed by atoms with Crippen molar-refractivity contribution in [3.05, 3.63) is 71.5 Å². The van der Waals surface area contributed by atoms with E-state index in [9.17, 15) is 0 Å². The van der Waals surface area contributed by atoms with Crippen LogP contribution in [0.3, 0.4) is 0 Å². The molecule has 144 valence electrons. The summed E-state index contributed by atoms with van der Waals surface area (Å²) >= 11 is 7.98. The third kappa shape index (κ3) is 4.73. The lowest BCUT2D eigenvalue weighted by atomic mass is 9.97. The molecule has 1 aliphatic rings. The summed E-state index contributed by atoms with van der Waals surface area (Å²) in [6.45, 7) is 0. The fraction of sp³-hybridized carbons (Fsp3) is 0.348. The molecule has 0 N–H and O–H groups in total. The van der Waals surface area contributed by atoms with Gasteiger partial charge in [-0.2, -0.15) is 0 Å². The maximum atomic E-state index is 6.30. The van der Waals surface area contributed by atoms with Gasteiger partial charge in [0.2, 0.25) is 0 Å². The van der Waals surface area contributed by atoms with E-state index < -0.39 is 0 Å². The van der Waals surface area contributed by atoms with Crippen molar-refractivity contribution in [1.82, 2.24) is 15.0 Å². The Kier molecular flexibility index (Phi) is 6.28. The first-order valence-corrected chi connectivity index (χ1v) is 11.4. The van der Waals surface area contributed by atoms with Gasteiger partial charge < -0.3 is 0 Å². The first kappa shape index (κ1) is 19.4. The lowest BCUT2D eigenvalue weighted by molar-refractivity contribution is 0.476. The maximum Gasteiger partial charge on any atom is 0.128 e. The van der Waals surface area contributed by atoms with Crippen molar-refractivity contribution in [1.29, 1.82) is 0 Å². The van der Waals surface area contributed by atoms with Crippen LogP contribution < -0.4 is 0 Å². The largest absolute Gasteiger partial charge is 0.261 e. The van der Waals surface area contributed by atoms with Crippen LogP contribution in [0.4, 0.5) is 0 Å². The van der Waals surface area contributed by atoms with Gasteiger partial charge in [0.15, 0.2) is 0 Å². The molecule has 0 aliphatic heterocycles. The zero-order valence-corrected chi connectivity index (χ0v) is 17.6. The van der Waals surface area contributed by atoms with Gasteiger partial charge in [-0.1, -0.05) is 35.9 Å². The van der Waals surface area contributed by atoms with E-state index in [-0.39, 0.29) is 0 Å². The Bertz CT molecular complexity index is 912. The Labute approximate surface area is 176 Å². The van der Waals surface area contributed by atoms with Gasteiger partial charge in [0.25, 0.3) is 0 Å². The number of halogens is 1. The van der Waals surface area contributed by atoms with Crippen LogP contribution in [0.5, 0.6) is 0 Å². The second-order valence-electron chi connectivity index (χ2n) is 7.51. The third-order valence-corrected chi connectivity index (χ3v) is 6.56. The van der Waals surface area contributed by atoms with E-state index in [0.717, 1.165) is 39.7 Å². The fourth-order valence-corrected chi connectivity index (χ4v) is 4.62. The normalized spacial score (nSPS) is 19.1. The van der Waals surface area contributed by atoms with Crippen molar-refractivity contribution in [2.75, 3.05) is 6.26 Å². The van der Waals surface area contributed by atoms with Crippen LogP contribution in [0.25, 0.3) is 11.1 Å². The van der Waals surface area contributed by atoms with Crippen LogP contribution in [0.1, 0.15) is 30.8 Å². The van der Waals surface area contributed by atoms with Gasteiger partial charge in [-0.05, 0) is 55.9 Å². The highest BCUT2D eigenvalue weighted by Crippen LogP contribution is 2.35. The van der Waals surface area contributed by atoms with Gasteiger partial charge in [0, 0.05) is 51.8 Å². The minimum atomic E-state index is 0.688. The highest BCUT2D eigenvalue weighted by molar-refractivity contribution is 7.98. The molecule has 0 saturated heterocycles. The summed E-state index contributed by atoms with van der Waals surface area (Å²) in [6.07, 6.45) is 13.7. The summed E-state index contributed by atoms with van der Waals surface area (Å²) in [5.74, 6) is 2.37. The summed E-state index contributed by atoms with van der Waals surface area (Å²) in [6, 6.07) is 12.2. The van der Waals surface area contributed by atoms with Crippen LogP contribution in [0.2, 0.25) is 5.02 Å². The Balaban J connectivity index is 1.33. The van der Waals surface area contributed by atoms with Crippen molar-refractivity contribution in [2.24, 2.45) is 11.8 Å². The molecule has 3 aromatic rings. The van der Waals surface area contributed by atoms with Crippen molar-refractivity contribution in [2.45, 2.75) is 37.0 Å². The van der Waals surface area contributed by atoms with Crippen molar-refractivity contribution >= 4 is 23.4 Å². The molecule has 0 radical (unpaired) electrons. The highest BCUT2D eigenvalue weighted by atomic mass is 35.5. The third-order valence-electron chi connectivity index (χ3n) is 5.55. The van der Waals surface area contributed by atoms with Crippen LogP contribution >= 0.6 is 23.4 Å². The number of aromatic nitrogens is 3. The molecule has 28 heavy (non-hydrogen) atoms. The summed E-state index contributed by atoms with van der Waals surface area (Å²) < 4.78 is 0. The van der Waals surface area contributed by atoms with Gasteiger partial charge in [-0.15, -0.1) is 11.8 Å². The number of thioether (sulfide) groups is 1. The Morgan fingerprint density at radius 1 is 0.929 bits per heavy atom. The predicted octanol–water partition coefficient (Wildman–Crippen LogP) is 6.12. The zero-order valence-electron chi connectivity index (χ0n) is 16.0. The first-order chi connectivity index (χ1) is 13.7. The molecule has 2 atom stereocenters. The van der Waals surface area contributed by atoms with Crippen molar-refractivity contribution in [3.63, 3.8) is 0 Å². The molecule has 0 unspecified atom stereocenters. The number of hydrogen-bond acceptors (Lipinski definition) is 4. The molecule has 4 rings (SSSR count).